The third-order valence-corrected chi connectivity index (χ3v) is 3.66. The Labute approximate surface area is 110 Å². The highest BCUT2D eigenvalue weighted by Crippen LogP contribution is 2.31. The molecule has 0 bridgehead atoms. The summed E-state index contributed by atoms with van der Waals surface area (Å²) >= 11 is 1.66. The second kappa shape index (κ2) is 6.31. The first kappa shape index (κ1) is 12.8. The van der Waals surface area contributed by atoms with Crippen molar-refractivity contribution in [2.75, 3.05) is 6.61 Å². The fourth-order valence-electron chi connectivity index (χ4n) is 1.85. The van der Waals surface area contributed by atoms with Crippen molar-refractivity contribution < 1.29 is 9.53 Å². The number of pyridine rings is 1. The quantitative estimate of drug-likeness (QED) is 0.776. The second-order valence-electron chi connectivity index (χ2n) is 3.86. The molecule has 2 aromatic heterocycles. The highest BCUT2D eigenvalue weighted by Gasteiger charge is 2.19. The molecule has 0 aliphatic carbocycles. The number of ether oxygens (including phenoxy) is 1. The first-order valence-corrected chi connectivity index (χ1v) is 6.78. The van der Waals surface area contributed by atoms with E-state index >= 15 is 0 Å². The minimum Gasteiger partial charge on any atom is -0.466 e. The molecule has 0 amide bonds. The molecule has 0 fully saturated rings. The van der Waals surface area contributed by atoms with Gasteiger partial charge in [-0.05, 0) is 36.1 Å². The number of aromatic nitrogens is 1. The Balaban J connectivity index is 2.22. The summed E-state index contributed by atoms with van der Waals surface area (Å²) in [7, 11) is 0. The van der Waals surface area contributed by atoms with Crippen LogP contribution >= 0.6 is 11.3 Å². The van der Waals surface area contributed by atoms with Crippen LogP contribution in [0, 0.1) is 0 Å². The molecular formula is C14H15NO2S. The third-order valence-electron chi connectivity index (χ3n) is 2.67. The number of nitrogens with zero attached hydrogens (tertiary/aromatic N) is 1. The monoisotopic (exact) mass is 261 g/mol. The summed E-state index contributed by atoms with van der Waals surface area (Å²) in [5.74, 6) is -0.0974. The van der Waals surface area contributed by atoms with Crippen molar-refractivity contribution in [1.82, 2.24) is 4.98 Å². The first-order valence-electron chi connectivity index (χ1n) is 5.90. The van der Waals surface area contributed by atoms with E-state index < -0.39 is 0 Å². The Bertz CT molecular complexity index is 482. The number of thiophene rings is 1. The van der Waals surface area contributed by atoms with E-state index in [0.29, 0.717) is 13.0 Å². The molecule has 0 N–H and O–H groups in total. The van der Waals surface area contributed by atoms with Gasteiger partial charge in [0.1, 0.15) is 0 Å². The van der Waals surface area contributed by atoms with Gasteiger partial charge in [0, 0.05) is 23.2 Å². The SMILES string of the molecule is CCOC(=O)CC(c1ccncc1)c1cccs1. The maximum absolute atomic E-state index is 11.7. The molecule has 2 heterocycles. The summed E-state index contributed by atoms with van der Waals surface area (Å²) < 4.78 is 5.04. The van der Waals surface area contributed by atoms with E-state index in [4.69, 9.17) is 4.74 Å². The maximum Gasteiger partial charge on any atom is 0.306 e. The number of hydrogen-bond donors (Lipinski definition) is 0. The van der Waals surface area contributed by atoms with E-state index in [1.807, 2.05) is 30.5 Å². The van der Waals surface area contributed by atoms with Crippen LogP contribution in [0.5, 0.6) is 0 Å². The van der Waals surface area contributed by atoms with Crippen molar-refractivity contribution in [3.63, 3.8) is 0 Å². The predicted octanol–water partition coefficient (Wildman–Crippen LogP) is 3.23. The summed E-state index contributed by atoms with van der Waals surface area (Å²) in [6.45, 7) is 2.25. The molecule has 2 rings (SSSR count). The van der Waals surface area contributed by atoms with Crippen LogP contribution < -0.4 is 0 Å². The number of esters is 1. The Morgan fingerprint density at radius 3 is 2.78 bits per heavy atom. The fraction of sp³-hybridized carbons (Fsp3) is 0.286. The van der Waals surface area contributed by atoms with Crippen LogP contribution in [0.2, 0.25) is 0 Å². The Kier molecular flexibility index (Phi) is 4.47. The van der Waals surface area contributed by atoms with Crippen molar-refractivity contribution in [2.24, 2.45) is 0 Å². The third kappa shape index (κ3) is 3.17. The molecule has 0 aliphatic rings. The molecule has 0 spiro atoms. The molecule has 94 valence electrons. The molecule has 0 aliphatic heterocycles. The summed E-state index contributed by atoms with van der Waals surface area (Å²) in [4.78, 5) is 16.9. The zero-order valence-electron chi connectivity index (χ0n) is 10.2. The van der Waals surface area contributed by atoms with Crippen molar-refractivity contribution in [2.45, 2.75) is 19.3 Å². The van der Waals surface area contributed by atoms with Crippen LogP contribution in [0.15, 0.2) is 42.0 Å². The Hall–Kier alpha value is -1.68. The van der Waals surface area contributed by atoms with Crippen LogP contribution in [0.4, 0.5) is 0 Å². The zero-order valence-corrected chi connectivity index (χ0v) is 11.0. The van der Waals surface area contributed by atoms with Gasteiger partial charge >= 0.3 is 5.97 Å². The summed E-state index contributed by atoms with van der Waals surface area (Å²) in [5, 5.41) is 2.02. The van der Waals surface area contributed by atoms with Gasteiger partial charge in [0.25, 0.3) is 0 Å². The summed E-state index contributed by atoms with van der Waals surface area (Å²) in [5.41, 5.74) is 1.10. The molecule has 2 aromatic rings. The zero-order chi connectivity index (χ0) is 12.8. The number of rotatable bonds is 5. The minimum atomic E-state index is -0.160. The molecule has 0 saturated carbocycles. The molecule has 3 nitrogen and oxygen atoms in total. The minimum absolute atomic E-state index is 0.0621. The van der Waals surface area contributed by atoms with E-state index in [1.165, 1.54) is 4.88 Å². The van der Waals surface area contributed by atoms with Crippen LogP contribution in [0.1, 0.15) is 29.7 Å². The van der Waals surface area contributed by atoms with Gasteiger partial charge in [0.15, 0.2) is 0 Å². The Morgan fingerprint density at radius 2 is 2.17 bits per heavy atom. The van der Waals surface area contributed by atoms with Crippen molar-refractivity contribution >= 4 is 17.3 Å². The lowest BCUT2D eigenvalue weighted by molar-refractivity contribution is -0.143. The molecule has 4 heteroatoms. The average Bonchev–Trinajstić information content (AvgIpc) is 2.91. The lowest BCUT2D eigenvalue weighted by Crippen LogP contribution is -2.10. The van der Waals surface area contributed by atoms with Crippen LogP contribution in [0.3, 0.4) is 0 Å². The highest BCUT2D eigenvalue weighted by atomic mass is 32.1. The van der Waals surface area contributed by atoms with Gasteiger partial charge in [0.2, 0.25) is 0 Å². The highest BCUT2D eigenvalue weighted by molar-refractivity contribution is 7.10. The predicted molar refractivity (Wildman–Crippen MR) is 71.6 cm³/mol. The molecule has 1 unspecified atom stereocenters. The largest absolute Gasteiger partial charge is 0.466 e. The van der Waals surface area contributed by atoms with Crippen LogP contribution in [-0.4, -0.2) is 17.6 Å². The smallest absolute Gasteiger partial charge is 0.306 e. The molecule has 0 radical (unpaired) electrons. The molecule has 1 atom stereocenters. The first-order chi connectivity index (χ1) is 8.81. The standard InChI is InChI=1S/C14H15NO2S/c1-2-17-14(16)10-12(13-4-3-9-18-13)11-5-7-15-8-6-11/h3-9,12H,2,10H2,1H3. The van der Waals surface area contributed by atoms with E-state index in [2.05, 4.69) is 11.1 Å². The molecular weight excluding hydrogens is 246 g/mol. The van der Waals surface area contributed by atoms with Crippen molar-refractivity contribution in [3.05, 3.63) is 52.5 Å². The lowest BCUT2D eigenvalue weighted by Gasteiger charge is -2.14. The van der Waals surface area contributed by atoms with E-state index in [-0.39, 0.29) is 11.9 Å². The van der Waals surface area contributed by atoms with Gasteiger partial charge in [-0.2, -0.15) is 0 Å². The van der Waals surface area contributed by atoms with E-state index in [9.17, 15) is 4.79 Å². The van der Waals surface area contributed by atoms with Crippen molar-refractivity contribution in [1.29, 1.82) is 0 Å². The normalized spacial score (nSPS) is 12.1. The van der Waals surface area contributed by atoms with E-state index in [1.54, 1.807) is 23.7 Å². The number of carbonyl (C=O) groups excluding carboxylic acids is 1. The fourth-order valence-corrected chi connectivity index (χ4v) is 2.71. The topological polar surface area (TPSA) is 39.2 Å². The second-order valence-corrected chi connectivity index (χ2v) is 4.84. The van der Waals surface area contributed by atoms with Crippen LogP contribution in [0.25, 0.3) is 0 Å². The average molecular weight is 261 g/mol. The van der Waals surface area contributed by atoms with Gasteiger partial charge in [-0.1, -0.05) is 6.07 Å². The van der Waals surface area contributed by atoms with Crippen molar-refractivity contribution in [3.8, 4) is 0 Å². The van der Waals surface area contributed by atoms with Gasteiger partial charge < -0.3 is 4.74 Å². The van der Waals surface area contributed by atoms with Gasteiger partial charge in [-0.25, -0.2) is 0 Å². The van der Waals surface area contributed by atoms with Gasteiger partial charge in [-0.3, -0.25) is 9.78 Å². The lowest BCUT2D eigenvalue weighted by atomic mass is 9.95. The summed E-state index contributed by atoms with van der Waals surface area (Å²) in [6, 6.07) is 7.95. The van der Waals surface area contributed by atoms with E-state index in [0.717, 1.165) is 5.56 Å². The molecule has 18 heavy (non-hydrogen) atoms. The van der Waals surface area contributed by atoms with Gasteiger partial charge in [0.05, 0.1) is 13.0 Å². The van der Waals surface area contributed by atoms with Gasteiger partial charge in [-0.15, -0.1) is 11.3 Å². The summed E-state index contributed by atoms with van der Waals surface area (Å²) in [6.07, 6.45) is 3.88. The molecule has 0 aromatic carbocycles. The Morgan fingerprint density at radius 1 is 1.39 bits per heavy atom. The maximum atomic E-state index is 11.7. The number of carbonyl (C=O) groups is 1. The van der Waals surface area contributed by atoms with Crippen LogP contribution in [-0.2, 0) is 9.53 Å². The number of hydrogen-bond acceptors (Lipinski definition) is 4. The molecule has 0 saturated heterocycles.